The van der Waals surface area contributed by atoms with Gasteiger partial charge in [-0.2, -0.15) is 9.78 Å². The van der Waals surface area contributed by atoms with E-state index >= 15 is 0 Å². The minimum atomic E-state index is -0.948. The number of amides is 2. The van der Waals surface area contributed by atoms with Gasteiger partial charge in [-0.05, 0) is 12.1 Å². The summed E-state index contributed by atoms with van der Waals surface area (Å²) in [7, 11) is 0. The molecular formula is C8H6N2O4. The quantitative estimate of drug-likeness (QED) is 0.394. The Labute approximate surface area is 78.8 Å². The topological polar surface area (TPSA) is 84.1 Å². The monoisotopic (exact) mass is 194 g/mol. The first-order valence-electron chi connectivity index (χ1n) is 3.85. The normalized spacial score (nSPS) is 14.9. The van der Waals surface area contributed by atoms with Gasteiger partial charge in [0.15, 0.2) is 0 Å². The lowest BCUT2D eigenvalue weighted by Gasteiger charge is -1.99. The molecule has 0 unspecified atom stereocenters. The molecule has 1 N–H and O–H groups in total. The van der Waals surface area contributed by atoms with Gasteiger partial charge in [0.25, 0.3) is 11.8 Å². The van der Waals surface area contributed by atoms with E-state index in [4.69, 9.17) is 0 Å². The Bertz CT molecular complexity index is 361. The molecule has 1 fully saturated rings. The molecule has 1 aromatic rings. The first-order chi connectivity index (χ1) is 6.77. The van der Waals surface area contributed by atoms with Gasteiger partial charge in [-0.25, -0.2) is 0 Å². The number of imide groups is 1. The number of hydrogen-bond acceptors (Lipinski definition) is 5. The Morgan fingerprint density at radius 2 is 2.21 bits per heavy atom. The fraction of sp³-hybridized carbons (Fsp3) is 0.125. The van der Waals surface area contributed by atoms with E-state index in [1.54, 1.807) is 12.1 Å². The largest absolute Gasteiger partial charge is 0.301 e. The van der Waals surface area contributed by atoms with Crippen LogP contribution in [0.25, 0.3) is 0 Å². The highest BCUT2D eigenvalue weighted by Crippen LogP contribution is 2.11. The smallest absolute Gasteiger partial charge is 0.288 e. The van der Waals surface area contributed by atoms with Crippen LogP contribution in [0.15, 0.2) is 24.5 Å². The summed E-state index contributed by atoms with van der Waals surface area (Å²) in [6.07, 6.45) is 1.94. The summed E-state index contributed by atoms with van der Waals surface area (Å²) in [6, 6.07) is 3.15. The van der Waals surface area contributed by atoms with Crippen LogP contribution in [-0.2, 0) is 14.6 Å². The summed E-state index contributed by atoms with van der Waals surface area (Å²) >= 11 is 0. The Balaban J connectivity index is 1.98. The zero-order valence-corrected chi connectivity index (χ0v) is 6.97. The van der Waals surface area contributed by atoms with Crippen molar-refractivity contribution in [2.24, 2.45) is 0 Å². The number of pyridine rings is 1. The van der Waals surface area contributed by atoms with Crippen molar-refractivity contribution in [2.75, 3.05) is 0 Å². The van der Waals surface area contributed by atoms with Crippen LogP contribution < -0.4 is 5.32 Å². The molecule has 0 aliphatic carbocycles. The fourth-order valence-electron chi connectivity index (χ4n) is 0.855. The Morgan fingerprint density at radius 3 is 2.79 bits per heavy atom. The zero-order valence-electron chi connectivity index (χ0n) is 6.97. The first kappa shape index (κ1) is 8.79. The summed E-state index contributed by atoms with van der Waals surface area (Å²) in [5.74, 6) is -1.14. The van der Waals surface area contributed by atoms with Gasteiger partial charge in [-0.3, -0.25) is 19.9 Å². The van der Waals surface area contributed by atoms with E-state index < -0.39 is 18.1 Å². The number of rotatable bonds is 2. The molecule has 1 aliphatic rings. The lowest BCUT2D eigenvalue weighted by Crippen LogP contribution is -2.33. The van der Waals surface area contributed by atoms with Gasteiger partial charge in [0, 0.05) is 12.4 Å². The van der Waals surface area contributed by atoms with E-state index in [1.807, 2.05) is 0 Å². The van der Waals surface area contributed by atoms with Crippen LogP contribution in [0.2, 0.25) is 0 Å². The van der Waals surface area contributed by atoms with E-state index in [1.165, 1.54) is 12.4 Å². The first-order valence-corrected chi connectivity index (χ1v) is 3.85. The summed E-state index contributed by atoms with van der Waals surface area (Å²) < 4.78 is 0. The van der Waals surface area contributed by atoms with Crippen LogP contribution in [0.1, 0.15) is 10.4 Å². The second-order valence-corrected chi connectivity index (χ2v) is 2.58. The van der Waals surface area contributed by atoms with Crippen LogP contribution in [0, 0.1) is 0 Å². The van der Waals surface area contributed by atoms with Gasteiger partial charge in [-0.15, -0.1) is 0 Å². The van der Waals surface area contributed by atoms with Crippen molar-refractivity contribution in [3.05, 3.63) is 30.1 Å². The van der Waals surface area contributed by atoms with E-state index in [0.717, 1.165) is 0 Å². The highest BCUT2D eigenvalue weighted by molar-refractivity contribution is 6.05. The molecule has 0 aromatic carbocycles. The summed E-state index contributed by atoms with van der Waals surface area (Å²) in [5.41, 5.74) is 0.307. The minimum absolute atomic E-state index is 0.307. The maximum Gasteiger partial charge on any atom is 0.301 e. The van der Waals surface area contributed by atoms with Crippen LogP contribution in [0.4, 0.5) is 0 Å². The number of aromatic nitrogens is 1. The predicted molar refractivity (Wildman–Crippen MR) is 42.7 cm³/mol. The Morgan fingerprint density at radius 1 is 1.43 bits per heavy atom. The Kier molecular flexibility index (Phi) is 2.21. The van der Waals surface area contributed by atoms with E-state index in [-0.39, 0.29) is 0 Å². The second kappa shape index (κ2) is 3.52. The van der Waals surface area contributed by atoms with Crippen molar-refractivity contribution >= 4 is 11.8 Å². The van der Waals surface area contributed by atoms with Crippen molar-refractivity contribution in [1.29, 1.82) is 0 Å². The molecule has 1 saturated heterocycles. The third kappa shape index (κ3) is 1.93. The molecular weight excluding hydrogens is 188 g/mol. The average molecular weight is 194 g/mol. The van der Waals surface area contributed by atoms with Gasteiger partial charge in [0.2, 0.25) is 0 Å². The molecule has 14 heavy (non-hydrogen) atoms. The zero-order chi connectivity index (χ0) is 9.97. The summed E-state index contributed by atoms with van der Waals surface area (Å²) in [6.45, 7) is 0. The standard InChI is InChI=1S/C8H6N2O4/c11-6(5-2-1-3-9-4-5)10-7(12)8-13-14-8/h1-4,8H,(H,10,11,12). The molecule has 1 aliphatic heterocycles. The van der Waals surface area contributed by atoms with Gasteiger partial charge in [0.1, 0.15) is 0 Å². The number of nitrogens with zero attached hydrogens (tertiary/aromatic N) is 1. The summed E-state index contributed by atoms with van der Waals surface area (Å²) in [5, 5.41) is 2.09. The molecule has 1 aromatic heterocycles. The minimum Gasteiger partial charge on any atom is -0.288 e. The maximum atomic E-state index is 11.3. The van der Waals surface area contributed by atoms with Gasteiger partial charge < -0.3 is 0 Å². The van der Waals surface area contributed by atoms with Crippen molar-refractivity contribution < 1.29 is 19.4 Å². The van der Waals surface area contributed by atoms with Gasteiger partial charge in [-0.1, -0.05) is 0 Å². The second-order valence-electron chi connectivity index (χ2n) is 2.58. The molecule has 2 rings (SSSR count). The molecule has 0 bridgehead atoms. The molecule has 0 atom stereocenters. The molecule has 6 heteroatoms. The highest BCUT2D eigenvalue weighted by Gasteiger charge is 2.36. The van der Waals surface area contributed by atoms with Crippen LogP contribution in [0.3, 0.4) is 0 Å². The molecule has 0 saturated carbocycles. The predicted octanol–water partition coefficient (Wildman–Crippen LogP) is -0.374. The molecule has 0 spiro atoms. The van der Waals surface area contributed by atoms with Crippen molar-refractivity contribution in [3.63, 3.8) is 0 Å². The summed E-state index contributed by atoms with van der Waals surface area (Å²) in [4.78, 5) is 34.5. The number of hydrogen-bond donors (Lipinski definition) is 1. The van der Waals surface area contributed by atoms with Crippen molar-refractivity contribution in [1.82, 2.24) is 10.3 Å². The van der Waals surface area contributed by atoms with Crippen molar-refractivity contribution in [2.45, 2.75) is 6.29 Å². The third-order valence-electron chi connectivity index (χ3n) is 1.57. The fourth-order valence-corrected chi connectivity index (χ4v) is 0.855. The highest BCUT2D eigenvalue weighted by atomic mass is 17.4. The molecule has 2 heterocycles. The van der Waals surface area contributed by atoms with E-state index in [0.29, 0.717) is 5.56 Å². The van der Waals surface area contributed by atoms with E-state index in [9.17, 15) is 9.59 Å². The molecule has 2 amide bonds. The van der Waals surface area contributed by atoms with E-state index in [2.05, 4.69) is 20.1 Å². The van der Waals surface area contributed by atoms with Crippen LogP contribution >= 0.6 is 0 Å². The van der Waals surface area contributed by atoms with Crippen LogP contribution in [0.5, 0.6) is 0 Å². The number of carbonyl (C=O) groups is 2. The third-order valence-corrected chi connectivity index (χ3v) is 1.57. The lowest BCUT2D eigenvalue weighted by atomic mass is 10.3. The Hall–Kier alpha value is -1.79. The van der Waals surface area contributed by atoms with Gasteiger partial charge >= 0.3 is 6.29 Å². The lowest BCUT2D eigenvalue weighted by molar-refractivity contribution is -0.121. The average Bonchev–Trinajstić information content (AvgIpc) is 3.02. The number of carbonyl (C=O) groups excluding carboxylic acids is 2. The maximum absolute atomic E-state index is 11.3. The molecule has 72 valence electrons. The SMILES string of the molecule is O=C(NC(=O)C1OO1)c1cccnc1. The molecule has 6 nitrogen and oxygen atoms in total. The molecule has 0 radical (unpaired) electrons. The van der Waals surface area contributed by atoms with Gasteiger partial charge in [0.05, 0.1) is 5.56 Å². The van der Waals surface area contributed by atoms with Crippen molar-refractivity contribution in [3.8, 4) is 0 Å². The van der Waals surface area contributed by atoms with Crippen LogP contribution in [-0.4, -0.2) is 23.1 Å². The number of nitrogens with one attached hydrogen (secondary N) is 1.